The molecule has 2 aromatic carbocycles. The van der Waals surface area contributed by atoms with Crippen molar-refractivity contribution in [3.8, 4) is 0 Å². The number of para-hydroxylation sites is 1. The van der Waals surface area contributed by atoms with Crippen LogP contribution in [0.3, 0.4) is 0 Å². The van der Waals surface area contributed by atoms with E-state index >= 15 is 0 Å². The molecule has 1 nitrogen and oxygen atoms in total. The predicted octanol–water partition coefficient (Wildman–Crippen LogP) is 4.47. The van der Waals surface area contributed by atoms with Crippen LogP contribution in [0, 0.1) is 0 Å². The van der Waals surface area contributed by atoms with Crippen LogP contribution in [0.2, 0.25) is 0 Å². The number of likely N-dealkylation sites (N-methyl/N-ethyl adjacent to an activating group) is 1. The standard InChI is InChI=1S/C19H21N/c1-3-12-19-13-14-8-4-5-9-15(14)18(19)20(2)17-11-7-6-10-16(17)19/h4-11,18H,3,12-13H2,1-2H3. The van der Waals surface area contributed by atoms with Gasteiger partial charge in [-0.15, -0.1) is 0 Å². The minimum atomic E-state index is 0.295. The Morgan fingerprint density at radius 2 is 1.85 bits per heavy atom. The number of anilines is 1. The summed E-state index contributed by atoms with van der Waals surface area (Å²) in [5.41, 5.74) is 6.38. The molecule has 0 aromatic heterocycles. The molecule has 0 N–H and O–H groups in total. The van der Waals surface area contributed by atoms with Crippen LogP contribution in [0.5, 0.6) is 0 Å². The van der Waals surface area contributed by atoms with Gasteiger partial charge in [-0.1, -0.05) is 55.8 Å². The summed E-state index contributed by atoms with van der Waals surface area (Å²) in [6.07, 6.45) is 3.71. The zero-order chi connectivity index (χ0) is 13.7. The summed E-state index contributed by atoms with van der Waals surface area (Å²) in [7, 11) is 2.27. The molecule has 2 aliphatic rings. The monoisotopic (exact) mass is 263 g/mol. The smallest absolute Gasteiger partial charge is 0.0642 e. The lowest BCUT2D eigenvalue weighted by Crippen LogP contribution is -2.32. The van der Waals surface area contributed by atoms with Gasteiger partial charge in [0.05, 0.1) is 6.04 Å². The predicted molar refractivity (Wildman–Crippen MR) is 84.3 cm³/mol. The Kier molecular flexibility index (Phi) is 2.47. The fourth-order valence-corrected chi connectivity index (χ4v) is 4.67. The third-order valence-electron chi connectivity index (χ3n) is 5.28. The highest BCUT2D eigenvalue weighted by Crippen LogP contribution is 2.60. The molecule has 2 aromatic rings. The van der Waals surface area contributed by atoms with Crippen molar-refractivity contribution in [1.29, 1.82) is 0 Å². The molecule has 0 fully saturated rings. The first kappa shape index (κ1) is 12.0. The van der Waals surface area contributed by atoms with E-state index in [1.54, 1.807) is 16.7 Å². The first-order valence-electron chi connectivity index (χ1n) is 7.68. The maximum absolute atomic E-state index is 2.51. The topological polar surface area (TPSA) is 3.24 Å². The second kappa shape index (κ2) is 4.12. The molecule has 0 amide bonds. The second-order valence-corrected chi connectivity index (χ2v) is 6.31. The van der Waals surface area contributed by atoms with E-state index in [1.807, 2.05) is 0 Å². The largest absolute Gasteiger partial charge is 0.366 e. The van der Waals surface area contributed by atoms with E-state index in [2.05, 4.69) is 67.4 Å². The Balaban J connectivity index is 1.96. The third-order valence-corrected chi connectivity index (χ3v) is 5.28. The Bertz CT molecular complexity index is 660. The molecule has 102 valence electrons. The van der Waals surface area contributed by atoms with Gasteiger partial charge >= 0.3 is 0 Å². The van der Waals surface area contributed by atoms with Crippen LogP contribution in [-0.4, -0.2) is 7.05 Å². The van der Waals surface area contributed by atoms with E-state index in [0.717, 1.165) is 0 Å². The highest BCUT2D eigenvalue weighted by Gasteiger charge is 2.53. The van der Waals surface area contributed by atoms with E-state index in [4.69, 9.17) is 0 Å². The van der Waals surface area contributed by atoms with Gasteiger partial charge in [-0.05, 0) is 35.6 Å². The van der Waals surface area contributed by atoms with E-state index in [-0.39, 0.29) is 0 Å². The second-order valence-electron chi connectivity index (χ2n) is 6.31. The molecule has 4 rings (SSSR count). The Labute approximate surface area is 121 Å². The van der Waals surface area contributed by atoms with Crippen LogP contribution >= 0.6 is 0 Å². The zero-order valence-corrected chi connectivity index (χ0v) is 12.3. The van der Waals surface area contributed by atoms with Gasteiger partial charge in [0.15, 0.2) is 0 Å². The van der Waals surface area contributed by atoms with Crippen LogP contribution in [0.25, 0.3) is 0 Å². The number of rotatable bonds is 2. The number of hydrogen-bond donors (Lipinski definition) is 0. The molecule has 0 radical (unpaired) electrons. The summed E-state index contributed by atoms with van der Waals surface area (Å²) in [6.45, 7) is 2.32. The summed E-state index contributed by atoms with van der Waals surface area (Å²) in [6, 6.07) is 18.6. The maximum Gasteiger partial charge on any atom is 0.0642 e. The van der Waals surface area contributed by atoms with Crippen molar-refractivity contribution in [2.24, 2.45) is 0 Å². The molecule has 0 bridgehead atoms. The molecular weight excluding hydrogens is 242 g/mol. The SMILES string of the molecule is CCCC12Cc3ccccc3C1N(C)c1ccccc12. The Morgan fingerprint density at radius 1 is 1.10 bits per heavy atom. The molecular formula is C19H21N. The summed E-state index contributed by atoms with van der Waals surface area (Å²) >= 11 is 0. The highest BCUT2D eigenvalue weighted by atomic mass is 15.2. The molecule has 20 heavy (non-hydrogen) atoms. The van der Waals surface area contributed by atoms with Gasteiger partial charge in [-0.2, -0.15) is 0 Å². The fraction of sp³-hybridized carbons (Fsp3) is 0.368. The zero-order valence-electron chi connectivity index (χ0n) is 12.3. The van der Waals surface area contributed by atoms with Crippen molar-refractivity contribution < 1.29 is 0 Å². The summed E-state index contributed by atoms with van der Waals surface area (Å²) < 4.78 is 0. The van der Waals surface area contributed by atoms with Crippen LogP contribution in [0.4, 0.5) is 5.69 Å². The van der Waals surface area contributed by atoms with Gasteiger partial charge in [0.1, 0.15) is 0 Å². The van der Waals surface area contributed by atoms with Crippen LogP contribution < -0.4 is 4.90 Å². The minimum absolute atomic E-state index is 0.295. The van der Waals surface area contributed by atoms with E-state index < -0.39 is 0 Å². The van der Waals surface area contributed by atoms with E-state index in [9.17, 15) is 0 Å². The number of hydrogen-bond acceptors (Lipinski definition) is 1. The molecule has 1 heteroatoms. The third kappa shape index (κ3) is 1.33. The Hall–Kier alpha value is -1.76. The van der Waals surface area contributed by atoms with Crippen LogP contribution in [0.1, 0.15) is 42.5 Å². The van der Waals surface area contributed by atoms with Gasteiger partial charge < -0.3 is 4.90 Å². The van der Waals surface area contributed by atoms with Gasteiger partial charge in [0, 0.05) is 18.2 Å². The molecule has 1 aliphatic heterocycles. The van der Waals surface area contributed by atoms with Crippen molar-refractivity contribution in [2.75, 3.05) is 11.9 Å². The van der Waals surface area contributed by atoms with Crippen molar-refractivity contribution in [2.45, 2.75) is 37.6 Å². The van der Waals surface area contributed by atoms with Gasteiger partial charge in [0.2, 0.25) is 0 Å². The first-order valence-corrected chi connectivity index (χ1v) is 7.68. The van der Waals surface area contributed by atoms with E-state index in [1.165, 1.54) is 24.9 Å². The normalized spacial score (nSPS) is 26.3. The molecule has 0 saturated carbocycles. The van der Waals surface area contributed by atoms with Gasteiger partial charge in [0.25, 0.3) is 0 Å². The Morgan fingerprint density at radius 3 is 2.70 bits per heavy atom. The van der Waals surface area contributed by atoms with E-state index in [0.29, 0.717) is 11.5 Å². The quantitative estimate of drug-likeness (QED) is 0.772. The van der Waals surface area contributed by atoms with Crippen molar-refractivity contribution in [3.05, 3.63) is 65.2 Å². The fourth-order valence-electron chi connectivity index (χ4n) is 4.67. The molecule has 0 spiro atoms. The minimum Gasteiger partial charge on any atom is -0.366 e. The van der Waals surface area contributed by atoms with Gasteiger partial charge in [-0.25, -0.2) is 0 Å². The molecule has 2 atom stereocenters. The lowest BCUT2D eigenvalue weighted by atomic mass is 9.73. The van der Waals surface area contributed by atoms with Crippen molar-refractivity contribution >= 4 is 5.69 Å². The number of benzene rings is 2. The highest BCUT2D eigenvalue weighted by molar-refractivity contribution is 5.68. The summed E-state index contributed by atoms with van der Waals surface area (Å²) in [4.78, 5) is 2.51. The first-order chi connectivity index (χ1) is 9.78. The van der Waals surface area contributed by atoms with Crippen molar-refractivity contribution in [1.82, 2.24) is 0 Å². The number of fused-ring (bicyclic) bond motifs is 5. The molecule has 1 aliphatic carbocycles. The lowest BCUT2D eigenvalue weighted by Gasteiger charge is -2.32. The van der Waals surface area contributed by atoms with Crippen molar-refractivity contribution in [3.63, 3.8) is 0 Å². The lowest BCUT2D eigenvalue weighted by molar-refractivity contribution is 0.362. The maximum atomic E-state index is 2.51. The van der Waals surface area contributed by atoms with Gasteiger partial charge in [-0.3, -0.25) is 0 Å². The van der Waals surface area contributed by atoms with Crippen LogP contribution in [0.15, 0.2) is 48.5 Å². The molecule has 1 heterocycles. The summed E-state index contributed by atoms with van der Waals surface area (Å²) in [5, 5.41) is 0. The molecule has 2 unspecified atom stereocenters. The average molecular weight is 263 g/mol. The average Bonchev–Trinajstić information content (AvgIpc) is 2.92. The number of nitrogens with zero attached hydrogens (tertiary/aromatic N) is 1. The summed E-state index contributed by atoms with van der Waals surface area (Å²) in [5.74, 6) is 0. The molecule has 0 saturated heterocycles. The van der Waals surface area contributed by atoms with Crippen LogP contribution in [-0.2, 0) is 11.8 Å².